The molecule has 4 aliphatic rings. The first kappa shape index (κ1) is 60.0. The predicted molar refractivity (Wildman–Crippen MR) is 267 cm³/mol. The Bertz CT molecular complexity index is 2490. The summed E-state index contributed by atoms with van der Waals surface area (Å²) in [5.41, 5.74) is 7.67. The molecule has 0 spiro atoms. The van der Waals surface area contributed by atoms with Gasteiger partial charge in [0.15, 0.2) is 12.2 Å². The van der Waals surface area contributed by atoms with E-state index in [0.717, 1.165) is 81.8 Å². The minimum absolute atomic E-state index is 0.0354. The van der Waals surface area contributed by atoms with Crippen molar-refractivity contribution in [3.8, 4) is 23.0 Å². The minimum Gasteiger partial charge on any atom is -0.491 e. The van der Waals surface area contributed by atoms with Gasteiger partial charge in [-0.05, 0) is 123 Å². The van der Waals surface area contributed by atoms with E-state index in [9.17, 15) is 41.8 Å². The van der Waals surface area contributed by atoms with E-state index in [0.29, 0.717) is 59.0 Å². The van der Waals surface area contributed by atoms with Crippen molar-refractivity contribution >= 4 is 64.2 Å². The van der Waals surface area contributed by atoms with Crippen LogP contribution >= 0.6 is 46.4 Å². The highest BCUT2D eigenvalue weighted by Gasteiger charge is 2.38. The number of likely N-dealkylation sites (tertiary alicyclic amines) is 2. The number of nitrogens with one attached hydrogen (secondary N) is 1. The molecule has 2 fully saturated rings. The van der Waals surface area contributed by atoms with Gasteiger partial charge in [0.25, 0.3) is 5.91 Å². The topological polar surface area (TPSA) is 214 Å². The molecule has 4 aromatic carbocycles. The van der Waals surface area contributed by atoms with E-state index in [-0.39, 0.29) is 35.2 Å². The molecule has 24 heteroatoms. The molecule has 0 radical (unpaired) electrons. The molecule has 0 aliphatic carbocycles. The van der Waals surface area contributed by atoms with Gasteiger partial charge in [0.05, 0.1) is 22.3 Å². The lowest BCUT2D eigenvalue weighted by atomic mass is 10.0. The predicted octanol–water partition coefficient (Wildman–Crippen LogP) is 8.24. The summed E-state index contributed by atoms with van der Waals surface area (Å²) in [6.45, 7) is 5.42. The van der Waals surface area contributed by atoms with E-state index >= 15 is 0 Å². The molecule has 15 nitrogen and oxygen atoms in total. The summed E-state index contributed by atoms with van der Waals surface area (Å²) in [7, 11) is 0. The summed E-state index contributed by atoms with van der Waals surface area (Å²) in [4.78, 5) is 36.7. The summed E-state index contributed by atoms with van der Waals surface area (Å²) in [6, 6.07) is 19.4. The number of aliphatic hydroxyl groups excluding tert-OH is 2. The molecule has 4 aliphatic heterocycles. The molecule has 0 bridgehead atoms. The van der Waals surface area contributed by atoms with Crippen molar-refractivity contribution in [2.45, 2.75) is 94.0 Å². The van der Waals surface area contributed by atoms with E-state index < -0.39 is 54.2 Å². The van der Waals surface area contributed by atoms with Gasteiger partial charge in [-0.25, -0.2) is 18.4 Å². The molecule has 1 amide bonds. The number of alkyl halides is 3. The number of nitrogens with two attached hydrogens (primary N) is 1. The van der Waals surface area contributed by atoms with Crippen LogP contribution in [0, 0.1) is 11.6 Å². The number of carboxylic acid groups (broad SMARTS) is 2. The quantitative estimate of drug-likeness (QED) is 0.0619. The number of carbonyl (C=O) groups excluding carboxylic acids is 1. The van der Waals surface area contributed by atoms with Gasteiger partial charge in [0.1, 0.15) is 47.8 Å². The third-order valence-corrected chi connectivity index (χ3v) is 13.1. The van der Waals surface area contributed by atoms with Gasteiger partial charge >= 0.3 is 18.1 Å². The van der Waals surface area contributed by atoms with Crippen LogP contribution in [0.2, 0.25) is 20.1 Å². The monoisotopic (exact) mass is 1120 g/mol. The Morgan fingerprint density at radius 3 is 1.51 bits per heavy atom. The molecule has 7 N–H and O–H groups in total. The van der Waals surface area contributed by atoms with Crippen molar-refractivity contribution in [2.24, 2.45) is 5.73 Å². The third-order valence-electron chi connectivity index (χ3n) is 12.0. The number of carboxylic acids is 2. The van der Waals surface area contributed by atoms with Gasteiger partial charge in [-0.15, -0.1) is 0 Å². The number of ether oxygens (including phenoxy) is 4. The Hall–Kier alpha value is -4.90. The SMILES string of the molecule is NC1CCN(CCC(O)COc2ccc(Cl)c(F)c2)CC1.O=C(NC1CCN(CCC(O)COc2ccc(Cl)c(F)c2)CC1)C1Cc2cc(Cl)ccc2O1.O=C(O)C(F)(F)F.O=C(O)C1Cc2cc(Cl)ccc2O1. The number of amides is 1. The zero-order valence-corrected chi connectivity index (χ0v) is 42.7. The number of piperidine rings is 2. The van der Waals surface area contributed by atoms with Gasteiger partial charge < -0.3 is 60.2 Å². The number of aliphatic carboxylic acids is 2. The average molecular weight is 1130 g/mol. The number of hydrogen-bond acceptors (Lipinski definition) is 12. The second kappa shape index (κ2) is 28.8. The maximum absolute atomic E-state index is 13.5. The Labute approximate surface area is 444 Å². The van der Waals surface area contributed by atoms with Crippen LogP contribution in [0.1, 0.15) is 49.7 Å². The summed E-state index contributed by atoms with van der Waals surface area (Å²) in [6.07, 6.45) is -1.78. The highest BCUT2D eigenvalue weighted by Crippen LogP contribution is 2.33. The Morgan fingerprint density at radius 2 is 1.09 bits per heavy atom. The molecule has 4 heterocycles. The number of nitrogens with zero attached hydrogens (tertiary/aromatic N) is 2. The smallest absolute Gasteiger partial charge is 0.490 e. The Kier molecular flexibility index (Phi) is 23.4. The van der Waals surface area contributed by atoms with Crippen molar-refractivity contribution in [2.75, 3.05) is 52.5 Å². The lowest BCUT2D eigenvalue weighted by Crippen LogP contribution is -2.48. The number of fused-ring (bicyclic) bond motifs is 2. The fourth-order valence-electron chi connectivity index (χ4n) is 7.84. The summed E-state index contributed by atoms with van der Waals surface area (Å²) in [5, 5.41) is 40.4. The lowest BCUT2D eigenvalue weighted by Gasteiger charge is -2.33. The van der Waals surface area contributed by atoms with Crippen LogP contribution in [0.5, 0.6) is 23.0 Å². The first-order chi connectivity index (χ1) is 35.0. The molecule has 4 atom stereocenters. The molecule has 406 valence electrons. The number of benzene rings is 4. The zero-order chi connectivity index (χ0) is 54.1. The second-order valence-electron chi connectivity index (χ2n) is 17.7. The normalized spacial score (nSPS) is 18.5. The Morgan fingerprint density at radius 1 is 0.676 bits per heavy atom. The molecule has 74 heavy (non-hydrogen) atoms. The largest absolute Gasteiger partial charge is 0.491 e. The number of carbonyl (C=O) groups is 3. The van der Waals surface area contributed by atoms with Crippen LogP contribution in [0.15, 0.2) is 72.8 Å². The van der Waals surface area contributed by atoms with Gasteiger partial charge in [-0.1, -0.05) is 46.4 Å². The highest BCUT2D eigenvalue weighted by molar-refractivity contribution is 6.31. The first-order valence-electron chi connectivity index (χ1n) is 23.5. The van der Waals surface area contributed by atoms with Crippen molar-refractivity contribution in [1.29, 1.82) is 0 Å². The molecule has 8 rings (SSSR count). The van der Waals surface area contributed by atoms with Crippen LogP contribution in [-0.2, 0) is 27.2 Å². The fourth-order valence-corrected chi connectivity index (χ4v) is 8.46. The van der Waals surface area contributed by atoms with E-state index in [1.807, 2.05) is 6.07 Å². The summed E-state index contributed by atoms with van der Waals surface area (Å²) < 4.78 is 80.2. The van der Waals surface area contributed by atoms with E-state index in [1.165, 1.54) is 24.3 Å². The zero-order valence-electron chi connectivity index (χ0n) is 39.7. The first-order valence-corrected chi connectivity index (χ1v) is 25.0. The number of aliphatic hydroxyl groups is 2. The number of hydrogen-bond donors (Lipinski definition) is 6. The third kappa shape index (κ3) is 20.0. The molecule has 4 unspecified atom stereocenters. The average Bonchev–Trinajstić information content (AvgIpc) is 3.99. The van der Waals surface area contributed by atoms with Crippen molar-refractivity contribution < 1.29 is 75.7 Å². The highest BCUT2D eigenvalue weighted by atomic mass is 35.5. The van der Waals surface area contributed by atoms with Crippen molar-refractivity contribution in [3.63, 3.8) is 0 Å². The molecule has 0 aromatic heterocycles. The maximum Gasteiger partial charge on any atom is 0.490 e. The molecular weight excluding hydrogens is 1070 g/mol. The van der Waals surface area contributed by atoms with Crippen molar-refractivity contribution in [3.05, 3.63) is 116 Å². The van der Waals surface area contributed by atoms with Gasteiger partial charge in [-0.3, -0.25) is 4.79 Å². The van der Waals surface area contributed by atoms with Crippen LogP contribution in [-0.4, -0.2) is 143 Å². The Balaban J connectivity index is 0.000000210. The van der Waals surface area contributed by atoms with Gasteiger partial charge in [-0.2, -0.15) is 13.2 Å². The molecule has 2 saturated heterocycles. The van der Waals surface area contributed by atoms with E-state index in [2.05, 4.69) is 15.1 Å². The molecular formula is C50H57Cl4F5N4O11. The van der Waals surface area contributed by atoms with Crippen LogP contribution < -0.4 is 30.0 Å². The van der Waals surface area contributed by atoms with E-state index in [1.54, 1.807) is 42.5 Å². The number of halogens is 9. The van der Waals surface area contributed by atoms with Gasteiger partial charge in [0, 0.05) is 73.3 Å². The van der Waals surface area contributed by atoms with Gasteiger partial charge in [0.2, 0.25) is 0 Å². The fraction of sp³-hybridized carbons (Fsp3) is 0.460. The van der Waals surface area contributed by atoms with E-state index in [4.69, 9.17) is 86.1 Å². The lowest BCUT2D eigenvalue weighted by molar-refractivity contribution is -0.192. The maximum atomic E-state index is 13.5. The second-order valence-corrected chi connectivity index (χ2v) is 19.4. The summed E-state index contributed by atoms with van der Waals surface area (Å²) in [5.74, 6) is -2.80. The van der Waals surface area contributed by atoms with Crippen LogP contribution in [0.25, 0.3) is 0 Å². The molecule has 0 saturated carbocycles. The van der Waals surface area contributed by atoms with Crippen molar-refractivity contribution in [1.82, 2.24) is 15.1 Å². The molecule has 4 aromatic rings. The summed E-state index contributed by atoms with van der Waals surface area (Å²) >= 11 is 23.0. The van der Waals surface area contributed by atoms with Crippen LogP contribution in [0.3, 0.4) is 0 Å². The minimum atomic E-state index is -5.08. The standard InChI is InChI=1S/C24H27Cl2FN2O4.C15H22ClFN2O2.C9H7ClO3.C2HF3O2/c25-16-1-4-22-15(11-16)12-23(33-22)24(31)28-17-5-8-29(9-6-17)10-7-18(30)14-32-19-2-3-20(26)21(27)13-19;16-14-2-1-13(9-15(14)17)21-10-12(20)5-8-19-6-3-11(18)4-7-19;10-6-1-2-7-5(3-6)4-8(13-7)9(11)12;3-2(4,5)1(6)7/h1-4,11,13,17-18,23,30H,5-10,12,14H2,(H,28,31);1-2,9,11-12,20H,3-8,10,18H2;1-3,8H,4H2,(H,11,12);(H,6,7). The van der Waals surface area contributed by atoms with Crippen LogP contribution in [0.4, 0.5) is 22.0 Å². The number of rotatable bonds is 15.